The summed E-state index contributed by atoms with van der Waals surface area (Å²) in [6, 6.07) is 12.4. The van der Waals surface area contributed by atoms with Gasteiger partial charge in [-0.1, -0.05) is 19.1 Å². The molecule has 0 spiro atoms. The second-order valence-corrected chi connectivity index (χ2v) is 5.37. The first-order valence-corrected chi connectivity index (χ1v) is 7.98. The van der Waals surface area contributed by atoms with E-state index < -0.39 is 0 Å². The molecule has 0 aliphatic rings. The van der Waals surface area contributed by atoms with Crippen molar-refractivity contribution in [2.45, 2.75) is 27.2 Å². The van der Waals surface area contributed by atoms with Crippen LogP contribution in [-0.4, -0.2) is 18.4 Å². The number of rotatable bonds is 5. The number of nitrogens with one attached hydrogen (secondary N) is 2. The van der Waals surface area contributed by atoms with Crippen LogP contribution in [0.1, 0.15) is 45.7 Å². The van der Waals surface area contributed by atoms with Crippen LogP contribution in [0.3, 0.4) is 0 Å². The third-order valence-electron chi connectivity index (χ3n) is 3.65. The fourth-order valence-corrected chi connectivity index (χ4v) is 2.26. The molecule has 0 saturated heterocycles. The Morgan fingerprint density at radius 3 is 2.04 bits per heavy atom. The van der Waals surface area contributed by atoms with Crippen LogP contribution in [0, 0.1) is 6.92 Å². The second-order valence-electron chi connectivity index (χ2n) is 5.37. The lowest BCUT2D eigenvalue weighted by atomic mass is 10.1. The molecule has 2 aromatic carbocycles. The van der Waals surface area contributed by atoms with Gasteiger partial charge in [-0.25, -0.2) is 0 Å². The number of hydrazine groups is 1. The highest BCUT2D eigenvalue weighted by molar-refractivity contribution is 5.99. The smallest absolute Gasteiger partial charge is 0.269 e. The van der Waals surface area contributed by atoms with Crippen molar-refractivity contribution in [3.8, 4) is 5.75 Å². The van der Waals surface area contributed by atoms with Crippen molar-refractivity contribution in [3.05, 3.63) is 64.7 Å². The van der Waals surface area contributed by atoms with E-state index in [2.05, 4.69) is 10.9 Å². The summed E-state index contributed by atoms with van der Waals surface area (Å²) < 4.78 is 5.44. The zero-order valence-electron chi connectivity index (χ0n) is 14.2. The van der Waals surface area contributed by atoms with Gasteiger partial charge >= 0.3 is 0 Å². The van der Waals surface area contributed by atoms with E-state index in [9.17, 15) is 9.59 Å². The zero-order chi connectivity index (χ0) is 17.5. The monoisotopic (exact) mass is 326 g/mol. The Morgan fingerprint density at radius 2 is 1.50 bits per heavy atom. The number of hydrogen-bond donors (Lipinski definition) is 2. The summed E-state index contributed by atoms with van der Waals surface area (Å²) in [7, 11) is 0. The van der Waals surface area contributed by atoms with Crippen LogP contribution in [0.5, 0.6) is 5.75 Å². The zero-order valence-corrected chi connectivity index (χ0v) is 14.2. The van der Waals surface area contributed by atoms with Gasteiger partial charge < -0.3 is 4.74 Å². The van der Waals surface area contributed by atoms with Gasteiger partial charge in [-0.05, 0) is 61.7 Å². The van der Waals surface area contributed by atoms with Crippen LogP contribution in [-0.2, 0) is 6.42 Å². The molecule has 0 heterocycles. The highest BCUT2D eigenvalue weighted by Crippen LogP contribution is 2.18. The standard InChI is InChI=1S/C19H22N2O3/c1-4-14-6-8-15(9-7-14)18(22)20-21-19(23)16-10-11-17(24-5-2)13(3)12-16/h6-12H,4-5H2,1-3H3,(H,20,22)(H,21,23). The molecule has 5 nitrogen and oxygen atoms in total. The Labute approximate surface area is 142 Å². The largest absolute Gasteiger partial charge is 0.494 e. The van der Waals surface area contributed by atoms with Crippen LogP contribution in [0.15, 0.2) is 42.5 Å². The van der Waals surface area contributed by atoms with Crippen LogP contribution in [0.2, 0.25) is 0 Å². The van der Waals surface area contributed by atoms with Gasteiger partial charge in [0.1, 0.15) is 5.75 Å². The molecule has 0 radical (unpaired) electrons. The van der Waals surface area contributed by atoms with Crippen LogP contribution >= 0.6 is 0 Å². The molecule has 2 rings (SSSR count). The summed E-state index contributed by atoms with van der Waals surface area (Å²) in [6.45, 7) is 6.39. The minimum Gasteiger partial charge on any atom is -0.494 e. The summed E-state index contributed by atoms with van der Waals surface area (Å²) in [4.78, 5) is 24.2. The van der Waals surface area contributed by atoms with Gasteiger partial charge in [0.2, 0.25) is 0 Å². The molecule has 0 aliphatic heterocycles. The van der Waals surface area contributed by atoms with E-state index in [4.69, 9.17) is 4.74 Å². The van der Waals surface area contributed by atoms with E-state index in [0.29, 0.717) is 17.7 Å². The van der Waals surface area contributed by atoms with Crippen molar-refractivity contribution in [2.24, 2.45) is 0 Å². The lowest BCUT2D eigenvalue weighted by Gasteiger charge is -2.10. The molecular weight excluding hydrogens is 304 g/mol. The average molecular weight is 326 g/mol. The molecule has 0 aromatic heterocycles. The molecule has 0 saturated carbocycles. The van der Waals surface area contributed by atoms with Crippen molar-refractivity contribution < 1.29 is 14.3 Å². The summed E-state index contributed by atoms with van der Waals surface area (Å²) in [5, 5.41) is 0. The lowest BCUT2D eigenvalue weighted by molar-refractivity contribution is 0.0846. The number of ether oxygens (including phenoxy) is 1. The molecule has 0 atom stereocenters. The third kappa shape index (κ3) is 4.35. The highest BCUT2D eigenvalue weighted by Gasteiger charge is 2.10. The van der Waals surface area contributed by atoms with Crippen molar-refractivity contribution in [1.82, 2.24) is 10.9 Å². The predicted molar refractivity (Wildman–Crippen MR) is 93.1 cm³/mol. The minimum absolute atomic E-state index is 0.353. The van der Waals surface area contributed by atoms with Crippen molar-refractivity contribution in [2.75, 3.05) is 6.61 Å². The van der Waals surface area contributed by atoms with Gasteiger partial charge in [0.15, 0.2) is 0 Å². The summed E-state index contributed by atoms with van der Waals surface area (Å²) in [5.41, 5.74) is 7.82. The maximum atomic E-state index is 12.1. The van der Waals surface area contributed by atoms with Crippen LogP contribution < -0.4 is 15.6 Å². The SMILES string of the molecule is CCOc1ccc(C(=O)NNC(=O)c2ccc(CC)cc2)cc1C. The maximum absolute atomic E-state index is 12.1. The van der Waals surface area contributed by atoms with E-state index in [-0.39, 0.29) is 11.8 Å². The van der Waals surface area contributed by atoms with E-state index in [1.54, 1.807) is 30.3 Å². The number of hydrogen-bond acceptors (Lipinski definition) is 3. The Balaban J connectivity index is 1.96. The predicted octanol–water partition coefficient (Wildman–Crippen LogP) is 3.03. The molecule has 0 bridgehead atoms. The third-order valence-corrected chi connectivity index (χ3v) is 3.65. The fraction of sp³-hybridized carbons (Fsp3) is 0.263. The first-order valence-electron chi connectivity index (χ1n) is 7.98. The topological polar surface area (TPSA) is 67.4 Å². The summed E-state index contributed by atoms with van der Waals surface area (Å²) in [5.74, 6) is 0.0161. The summed E-state index contributed by atoms with van der Waals surface area (Å²) in [6.07, 6.45) is 0.912. The first-order chi connectivity index (χ1) is 11.5. The van der Waals surface area contributed by atoms with Gasteiger partial charge in [0.05, 0.1) is 6.61 Å². The van der Waals surface area contributed by atoms with Crippen LogP contribution in [0.4, 0.5) is 0 Å². The lowest BCUT2D eigenvalue weighted by Crippen LogP contribution is -2.41. The number of carbonyl (C=O) groups excluding carboxylic acids is 2. The van der Waals surface area contributed by atoms with E-state index in [1.807, 2.05) is 32.9 Å². The molecule has 2 aromatic rings. The molecule has 24 heavy (non-hydrogen) atoms. The Kier molecular flexibility index (Phi) is 5.95. The highest BCUT2D eigenvalue weighted by atomic mass is 16.5. The Bertz CT molecular complexity index is 724. The second kappa shape index (κ2) is 8.15. The Morgan fingerprint density at radius 1 is 0.917 bits per heavy atom. The van der Waals surface area contributed by atoms with Crippen molar-refractivity contribution >= 4 is 11.8 Å². The van der Waals surface area contributed by atoms with E-state index in [0.717, 1.165) is 23.3 Å². The quantitative estimate of drug-likeness (QED) is 0.830. The van der Waals surface area contributed by atoms with E-state index >= 15 is 0 Å². The number of carbonyl (C=O) groups is 2. The van der Waals surface area contributed by atoms with Gasteiger partial charge in [-0.3, -0.25) is 20.4 Å². The van der Waals surface area contributed by atoms with Crippen molar-refractivity contribution in [1.29, 1.82) is 0 Å². The van der Waals surface area contributed by atoms with Gasteiger partial charge in [-0.15, -0.1) is 0 Å². The Hall–Kier alpha value is -2.82. The van der Waals surface area contributed by atoms with Gasteiger partial charge in [-0.2, -0.15) is 0 Å². The molecule has 0 aliphatic carbocycles. The molecule has 2 N–H and O–H groups in total. The van der Waals surface area contributed by atoms with Crippen LogP contribution in [0.25, 0.3) is 0 Å². The fourth-order valence-electron chi connectivity index (χ4n) is 2.26. The van der Waals surface area contributed by atoms with Gasteiger partial charge in [0.25, 0.3) is 11.8 Å². The molecule has 5 heteroatoms. The number of amides is 2. The number of aryl methyl sites for hydroxylation is 2. The molecule has 0 fully saturated rings. The van der Waals surface area contributed by atoms with Crippen molar-refractivity contribution in [3.63, 3.8) is 0 Å². The molecule has 0 unspecified atom stereocenters. The summed E-state index contributed by atoms with van der Waals surface area (Å²) >= 11 is 0. The normalized spacial score (nSPS) is 10.1. The maximum Gasteiger partial charge on any atom is 0.269 e. The average Bonchev–Trinajstić information content (AvgIpc) is 2.61. The molecular formula is C19H22N2O3. The van der Waals surface area contributed by atoms with E-state index in [1.165, 1.54) is 0 Å². The van der Waals surface area contributed by atoms with Gasteiger partial charge in [0, 0.05) is 11.1 Å². The molecule has 126 valence electrons. The first kappa shape index (κ1) is 17.5. The molecule has 2 amide bonds. The minimum atomic E-state index is -0.375. The number of benzene rings is 2.